The number of unbranched alkanes of at least 4 members (excludes halogenated alkanes) is 1. The van der Waals surface area contributed by atoms with Crippen LogP contribution in [0.1, 0.15) is 53.9 Å². The summed E-state index contributed by atoms with van der Waals surface area (Å²) in [7, 11) is -4.50. The van der Waals surface area contributed by atoms with Crippen LogP contribution in [0.15, 0.2) is 0 Å². The van der Waals surface area contributed by atoms with E-state index in [1.54, 1.807) is 27.7 Å². The van der Waals surface area contributed by atoms with E-state index >= 15 is 0 Å². The molecule has 0 aliphatic carbocycles. The van der Waals surface area contributed by atoms with Crippen LogP contribution in [0.25, 0.3) is 0 Å². The van der Waals surface area contributed by atoms with Crippen molar-refractivity contribution in [2.24, 2.45) is 0 Å². The van der Waals surface area contributed by atoms with Gasteiger partial charge in [0.1, 0.15) is 0 Å². The number of hydrogen-bond donors (Lipinski definition) is 0. The first-order valence-electron chi connectivity index (χ1n) is 7.07. The lowest BCUT2D eigenvalue weighted by Crippen LogP contribution is -2.25. The average molecular weight is 316 g/mol. The van der Waals surface area contributed by atoms with Gasteiger partial charge in [0.25, 0.3) is 0 Å². The van der Waals surface area contributed by atoms with Gasteiger partial charge in [0.15, 0.2) is 0 Å². The monoisotopic (exact) mass is 316 g/mol. The highest BCUT2D eigenvalue weighted by atomic mass is 31.2. The Hall–Kier alpha value is -0.0300. The lowest BCUT2D eigenvalue weighted by atomic mass is 10.4. The Balaban J connectivity index is 4.64. The molecule has 0 atom stereocenters. The fraction of sp³-hybridized carbons (Fsp3) is 1.00. The number of alkyl halides is 2. The SMILES string of the molecule is CCCCOCCC(F)(F)P(=O)(OC(C)C)OC(C)C. The average Bonchev–Trinajstić information content (AvgIpc) is 2.26. The van der Waals surface area contributed by atoms with Crippen LogP contribution in [-0.2, 0) is 18.3 Å². The van der Waals surface area contributed by atoms with E-state index in [1.807, 2.05) is 6.92 Å². The van der Waals surface area contributed by atoms with Crippen molar-refractivity contribution in [2.75, 3.05) is 13.2 Å². The van der Waals surface area contributed by atoms with Gasteiger partial charge in [-0.25, -0.2) is 0 Å². The Bertz CT molecular complexity index is 295. The minimum atomic E-state index is -4.50. The molecule has 0 fully saturated rings. The van der Waals surface area contributed by atoms with Crippen LogP contribution in [0, 0.1) is 0 Å². The van der Waals surface area contributed by atoms with Gasteiger partial charge in [0.05, 0.1) is 18.8 Å². The third kappa shape index (κ3) is 7.11. The molecule has 4 nitrogen and oxygen atoms in total. The summed E-state index contributed by atoms with van der Waals surface area (Å²) in [5.74, 6) is 0. The summed E-state index contributed by atoms with van der Waals surface area (Å²) in [6.07, 6.45) is -0.137. The Labute approximate surface area is 120 Å². The van der Waals surface area contributed by atoms with Crippen molar-refractivity contribution in [3.63, 3.8) is 0 Å². The first kappa shape index (κ1) is 20.0. The number of ether oxygens (including phenoxy) is 1. The molecule has 0 aromatic carbocycles. The molecule has 122 valence electrons. The summed E-state index contributed by atoms with van der Waals surface area (Å²) in [6, 6.07) is 0. The van der Waals surface area contributed by atoms with Gasteiger partial charge < -0.3 is 13.8 Å². The summed E-state index contributed by atoms with van der Waals surface area (Å²) in [6.45, 7) is 8.43. The van der Waals surface area contributed by atoms with Crippen LogP contribution < -0.4 is 0 Å². The molecule has 0 spiro atoms. The molecular formula is C13H27F2O4P. The number of rotatable bonds is 11. The first-order chi connectivity index (χ1) is 9.14. The van der Waals surface area contributed by atoms with Gasteiger partial charge in [-0.1, -0.05) is 13.3 Å². The third-order valence-electron chi connectivity index (χ3n) is 2.29. The minimum absolute atomic E-state index is 0.167. The lowest BCUT2D eigenvalue weighted by molar-refractivity contribution is -0.00830. The zero-order valence-electron chi connectivity index (χ0n) is 13.0. The molecule has 0 bridgehead atoms. The lowest BCUT2D eigenvalue weighted by Gasteiger charge is -2.29. The normalized spacial score (nSPS) is 13.4. The van der Waals surface area contributed by atoms with E-state index < -0.39 is 31.9 Å². The quantitative estimate of drug-likeness (QED) is 0.404. The largest absolute Gasteiger partial charge is 0.400 e. The maximum atomic E-state index is 14.1. The van der Waals surface area contributed by atoms with Gasteiger partial charge in [0, 0.05) is 13.0 Å². The second-order valence-corrected chi connectivity index (χ2v) is 7.26. The molecule has 0 N–H and O–H groups in total. The molecule has 7 heteroatoms. The van der Waals surface area contributed by atoms with Gasteiger partial charge in [-0.3, -0.25) is 4.57 Å². The molecule has 20 heavy (non-hydrogen) atoms. The summed E-state index contributed by atoms with van der Waals surface area (Å²) < 4.78 is 55.5. The van der Waals surface area contributed by atoms with Crippen LogP contribution in [0.2, 0.25) is 0 Å². The van der Waals surface area contributed by atoms with E-state index in [9.17, 15) is 13.3 Å². The van der Waals surface area contributed by atoms with Gasteiger partial charge in [-0.15, -0.1) is 0 Å². The highest BCUT2D eigenvalue weighted by molar-refractivity contribution is 7.55. The third-order valence-corrected chi connectivity index (χ3v) is 4.71. The second kappa shape index (κ2) is 9.08. The predicted molar refractivity (Wildman–Crippen MR) is 75.3 cm³/mol. The molecule has 0 aromatic heterocycles. The van der Waals surface area contributed by atoms with Crippen molar-refractivity contribution in [1.29, 1.82) is 0 Å². The summed E-state index contributed by atoms with van der Waals surface area (Å²) >= 11 is 0. The standard InChI is InChI=1S/C13H27F2O4P/c1-6-7-9-17-10-8-13(14,15)20(16,18-11(2)3)19-12(4)5/h11-12H,6-10H2,1-5H3. The molecule has 0 saturated carbocycles. The maximum absolute atomic E-state index is 14.1. The summed E-state index contributed by atoms with van der Waals surface area (Å²) in [5.41, 5.74) is -3.55. The fourth-order valence-corrected chi connectivity index (χ4v) is 3.25. The van der Waals surface area contributed by atoms with E-state index in [-0.39, 0.29) is 6.61 Å². The van der Waals surface area contributed by atoms with Crippen LogP contribution in [0.5, 0.6) is 0 Å². The molecule has 0 aliphatic rings. The molecule has 0 amide bonds. The Morgan fingerprint density at radius 3 is 1.95 bits per heavy atom. The van der Waals surface area contributed by atoms with Crippen LogP contribution >= 0.6 is 7.60 Å². The van der Waals surface area contributed by atoms with Crippen molar-refractivity contribution in [1.82, 2.24) is 0 Å². The van der Waals surface area contributed by atoms with Crippen molar-refractivity contribution in [3.8, 4) is 0 Å². The highest BCUT2D eigenvalue weighted by Crippen LogP contribution is 2.64. The van der Waals surface area contributed by atoms with Gasteiger partial charge in [0.2, 0.25) is 0 Å². The number of halogens is 2. The first-order valence-corrected chi connectivity index (χ1v) is 8.61. The smallest absolute Gasteiger partial charge is 0.381 e. The predicted octanol–water partition coefficient (Wildman–Crippen LogP) is 4.83. The van der Waals surface area contributed by atoms with Crippen molar-refractivity contribution < 1.29 is 27.1 Å². The summed E-state index contributed by atoms with van der Waals surface area (Å²) in [4.78, 5) is 0. The summed E-state index contributed by atoms with van der Waals surface area (Å²) in [5, 5.41) is 0. The molecule has 0 aliphatic heterocycles. The molecule has 0 rings (SSSR count). The molecular weight excluding hydrogens is 289 g/mol. The van der Waals surface area contributed by atoms with Crippen LogP contribution in [-0.4, -0.2) is 31.1 Å². The van der Waals surface area contributed by atoms with E-state index in [0.717, 1.165) is 12.8 Å². The molecule has 0 saturated heterocycles. The molecule has 0 radical (unpaired) electrons. The van der Waals surface area contributed by atoms with Crippen molar-refractivity contribution in [3.05, 3.63) is 0 Å². The Morgan fingerprint density at radius 1 is 1.05 bits per heavy atom. The zero-order chi connectivity index (χ0) is 15.8. The van der Waals surface area contributed by atoms with Crippen LogP contribution in [0.3, 0.4) is 0 Å². The molecule has 0 aromatic rings. The fourth-order valence-electron chi connectivity index (χ4n) is 1.41. The second-order valence-electron chi connectivity index (χ2n) is 5.19. The Morgan fingerprint density at radius 2 is 1.55 bits per heavy atom. The zero-order valence-corrected chi connectivity index (χ0v) is 13.9. The van der Waals surface area contributed by atoms with Gasteiger partial charge >= 0.3 is 13.3 Å². The maximum Gasteiger partial charge on any atom is 0.400 e. The van der Waals surface area contributed by atoms with E-state index in [1.165, 1.54) is 0 Å². The highest BCUT2D eigenvalue weighted by Gasteiger charge is 2.54. The Kier molecular flexibility index (Phi) is 9.07. The van der Waals surface area contributed by atoms with Crippen molar-refractivity contribution in [2.45, 2.75) is 71.8 Å². The molecule has 0 unspecified atom stereocenters. The van der Waals surface area contributed by atoms with Crippen molar-refractivity contribution >= 4 is 7.60 Å². The van der Waals surface area contributed by atoms with E-state index in [2.05, 4.69) is 0 Å². The van der Waals surface area contributed by atoms with E-state index in [4.69, 9.17) is 13.8 Å². The topological polar surface area (TPSA) is 44.8 Å². The van der Waals surface area contributed by atoms with E-state index in [0.29, 0.717) is 6.61 Å². The van der Waals surface area contributed by atoms with Crippen LogP contribution in [0.4, 0.5) is 8.78 Å². The number of hydrogen-bond acceptors (Lipinski definition) is 4. The van der Waals surface area contributed by atoms with Gasteiger partial charge in [-0.2, -0.15) is 8.78 Å². The van der Waals surface area contributed by atoms with Gasteiger partial charge in [-0.05, 0) is 34.1 Å². The minimum Gasteiger partial charge on any atom is -0.381 e. The molecule has 0 heterocycles.